The zero-order valence-corrected chi connectivity index (χ0v) is 18.1. The van der Waals surface area contributed by atoms with Crippen molar-refractivity contribution in [1.29, 1.82) is 0 Å². The standard InChI is InChI=1S/C20H24Br2OS/c1-24-20-15-19(23-13-5-3-2-4-12-21)11-8-17(20)14-16-6-9-18(22)10-7-16/h6-11,15H,2-5,12-14H2,1H3. The molecule has 0 N–H and O–H groups in total. The number of thioether (sulfide) groups is 1. The second-order valence-corrected chi connectivity index (χ2v) is 8.29. The Balaban J connectivity index is 1.90. The first kappa shape index (κ1) is 19.9. The lowest BCUT2D eigenvalue weighted by molar-refractivity contribution is 0.304. The Kier molecular flexibility index (Phi) is 9.29. The Morgan fingerprint density at radius 3 is 2.42 bits per heavy atom. The van der Waals surface area contributed by atoms with Crippen LogP contribution in [0, 0.1) is 0 Å². The van der Waals surface area contributed by atoms with E-state index in [9.17, 15) is 0 Å². The first-order valence-electron chi connectivity index (χ1n) is 8.33. The number of unbranched alkanes of at least 4 members (excludes halogenated alkanes) is 3. The molecule has 0 aromatic heterocycles. The summed E-state index contributed by atoms with van der Waals surface area (Å²) in [7, 11) is 0. The van der Waals surface area contributed by atoms with Crippen LogP contribution in [-0.4, -0.2) is 18.2 Å². The van der Waals surface area contributed by atoms with E-state index in [0.717, 1.165) is 35.0 Å². The van der Waals surface area contributed by atoms with Crippen molar-refractivity contribution >= 4 is 43.6 Å². The van der Waals surface area contributed by atoms with Gasteiger partial charge in [-0.3, -0.25) is 0 Å². The van der Waals surface area contributed by atoms with Crippen LogP contribution in [-0.2, 0) is 6.42 Å². The first-order valence-corrected chi connectivity index (χ1v) is 11.5. The second-order valence-electron chi connectivity index (χ2n) is 5.73. The van der Waals surface area contributed by atoms with Gasteiger partial charge in [-0.05, 0) is 60.9 Å². The number of alkyl halides is 1. The largest absolute Gasteiger partial charge is 0.494 e. The fraction of sp³-hybridized carbons (Fsp3) is 0.400. The SMILES string of the molecule is CSc1cc(OCCCCCCBr)ccc1Cc1ccc(Br)cc1. The Morgan fingerprint density at radius 2 is 1.71 bits per heavy atom. The quantitative estimate of drug-likeness (QED) is 0.207. The topological polar surface area (TPSA) is 9.23 Å². The van der Waals surface area contributed by atoms with E-state index in [1.165, 1.54) is 35.3 Å². The van der Waals surface area contributed by atoms with Gasteiger partial charge in [0, 0.05) is 14.7 Å². The third-order valence-electron chi connectivity index (χ3n) is 3.86. The number of halogens is 2. The fourth-order valence-corrected chi connectivity index (χ4v) is 3.82. The van der Waals surface area contributed by atoms with Gasteiger partial charge in [0.2, 0.25) is 0 Å². The summed E-state index contributed by atoms with van der Waals surface area (Å²) in [6.45, 7) is 0.808. The summed E-state index contributed by atoms with van der Waals surface area (Å²) in [5.41, 5.74) is 2.68. The average molecular weight is 472 g/mol. The first-order chi connectivity index (χ1) is 11.7. The highest BCUT2D eigenvalue weighted by atomic mass is 79.9. The number of hydrogen-bond donors (Lipinski definition) is 0. The van der Waals surface area contributed by atoms with Crippen molar-refractivity contribution in [2.45, 2.75) is 37.0 Å². The minimum absolute atomic E-state index is 0.808. The van der Waals surface area contributed by atoms with Crippen LogP contribution < -0.4 is 4.74 Å². The maximum atomic E-state index is 5.92. The molecular weight excluding hydrogens is 448 g/mol. The van der Waals surface area contributed by atoms with E-state index in [0.29, 0.717) is 0 Å². The van der Waals surface area contributed by atoms with Gasteiger partial charge in [0.25, 0.3) is 0 Å². The molecule has 0 saturated carbocycles. The number of rotatable bonds is 10. The molecular formula is C20H24Br2OS. The summed E-state index contributed by atoms with van der Waals surface area (Å²) < 4.78 is 7.04. The predicted molar refractivity (Wildman–Crippen MR) is 113 cm³/mol. The second kappa shape index (κ2) is 11.2. The monoisotopic (exact) mass is 470 g/mol. The zero-order chi connectivity index (χ0) is 17.2. The zero-order valence-electron chi connectivity index (χ0n) is 14.1. The molecule has 2 rings (SSSR count). The summed E-state index contributed by atoms with van der Waals surface area (Å²) in [6, 6.07) is 15.0. The molecule has 4 heteroatoms. The van der Waals surface area contributed by atoms with Crippen LogP contribution in [0.1, 0.15) is 36.8 Å². The Hall–Kier alpha value is -0.450. The summed E-state index contributed by atoms with van der Waals surface area (Å²) in [5.74, 6) is 0.986. The lowest BCUT2D eigenvalue weighted by atomic mass is 10.0. The van der Waals surface area contributed by atoms with E-state index < -0.39 is 0 Å². The molecule has 0 aliphatic rings. The highest BCUT2D eigenvalue weighted by Gasteiger charge is 2.06. The van der Waals surface area contributed by atoms with Gasteiger partial charge in [-0.25, -0.2) is 0 Å². The molecule has 0 aliphatic carbocycles. The molecule has 0 fully saturated rings. The molecule has 2 aromatic rings. The van der Waals surface area contributed by atoms with Crippen molar-refractivity contribution in [3.05, 3.63) is 58.1 Å². The van der Waals surface area contributed by atoms with E-state index in [2.05, 4.69) is 80.6 Å². The van der Waals surface area contributed by atoms with Gasteiger partial charge in [0.1, 0.15) is 5.75 Å². The maximum absolute atomic E-state index is 5.92. The van der Waals surface area contributed by atoms with Crippen molar-refractivity contribution in [3.63, 3.8) is 0 Å². The molecule has 0 heterocycles. The van der Waals surface area contributed by atoms with Crippen molar-refractivity contribution in [3.8, 4) is 5.75 Å². The predicted octanol–water partition coefficient (Wildman–Crippen LogP) is 7.10. The highest BCUT2D eigenvalue weighted by Crippen LogP contribution is 2.28. The Bertz CT molecular complexity index is 614. The summed E-state index contributed by atoms with van der Waals surface area (Å²) in [4.78, 5) is 1.30. The Morgan fingerprint density at radius 1 is 0.958 bits per heavy atom. The molecule has 0 atom stereocenters. The molecule has 130 valence electrons. The van der Waals surface area contributed by atoms with Crippen LogP contribution in [0.25, 0.3) is 0 Å². The normalized spacial score (nSPS) is 10.8. The van der Waals surface area contributed by atoms with Gasteiger partial charge in [-0.1, -0.05) is 62.9 Å². The highest BCUT2D eigenvalue weighted by molar-refractivity contribution is 9.10. The van der Waals surface area contributed by atoms with Gasteiger partial charge in [-0.2, -0.15) is 0 Å². The van der Waals surface area contributed by atoms with Crippen LogP contribution in [0.3, 0.4) is 0 Å². The molecule has 0 unspecified atom stereocenters. The fourth-order valence-electron chi connectivity index (χ4n) is 2.52. The molecule has 24 heavy (non-hydrogen) atoms. The molecule has 0 bridgehead atoms. The van der Waals surface area contributed by atoms with Gasteiger partial charge in [0.15, 0.2) is 0 Å². The molecule has 1 nitrogen and oxygen atoms in total. The van der Waals surface area contributed by atoms with E-state index in [1.54, 1.807) is 11.8 Å². The van der Waals surface area contributed by atoms with Gasteiger partial charge < -0.3 is 4.74 Å². The minimum Gasteiger partial charge on any atom is -0.494 e. The molecule has 0 saturated heterocycles. The molecule has 0 radical (unpaired) electrons. The average Bonchev–Trinajstić information content (AvgIpc) is 2.61. The summed E-state index contributed by atoms with van der Waals surface area (Å²) in [5, 5.41) is 1.10. The van der Waals surface area contributed by atoms with Gasteiger partial charge >= 0.3 is 0 Å². The summed E-state index contributed by atoms with van der Waals surface area (Å²) >= 11 is 8.75. The van der Waals surface area contributed by atoms with Crippen LogP contribution in [0.2, 0.25) is 0 Å². The van der Waals surface area contributed by atoms with Crippen molar-refractivity contribution in [2.75, 3.05) is 18.2 Å². The minimum atomic E-state index is 0.808. The molecule has 0 spiro atoms. The van der Waals surface area contributed by atoms with Crippen LogP contribution in [0.5, 0.6) is 5.75 Å². The van der Waals surface area contributed by atoms with Gasteiger partial charge in [0.05, 0.1) is 6.61 Å². The van der Waals surface area contributed by atoms with Crippen LogP contribution in [0.15, 0.2) is 51.8 Å². The molecule has 0 amide bonds. The number of ether oxygens (including phenoxy) is 1. The van der Waals surface area contributed by atoms with E-state index in [-0.39, 0.29) is 0 Å². The lowest BCUT2D eigenvalue weighted by Gasteiger charge is -2.12. The molecule has 2 aromatic carbocycles. The number of benzene rings is 2. The van der Waals surface area contributed by atoms with Crippen LogP contribution >= 0.6 is 43.6 Å². The summed E-state index contributed by atoms with van der Waals surface area (Å²) in [6.07, 6.45) is 7.98. The van der Waals surface area contributed by atoms with Gasteiger partial charge in [-0.15, -0.1) is 11.8 Å². The third-order valence-corrected chi connectivity index (χ3v) is 5.77. The Labute approximate surface area is 166 Å². The van der Waals surface area contributed by atoms with Crippen molar-refractivity contribution in [2.24, 2.45) is 0 Å². The van der Waals surface area contributed by atoms with Crippen LogP contribution in [0.4, 0.5) is 0 Å². The smallest absolute Gasteiger partial charge is 0.120 e. The van der Waals surface area contributed by atoms with Crippen molar-refractivity contribution in [1.82, 2.24) is 0 Å². The molecule has 0 aliphatic heterocycles. The van der Waals surface area contributed by atoms with E-state index in [4.69, 9.17) is 4.74 Å². The third kappa shape index (κ3) is 6.81. The van der Waals surface area contributed by atoms with Crippen molar-refractivity contribution < 1.29 is 4.74 Å². The van der Waals surface area contributed by atoms with E-state index in [1.807, 2.05) is 0 Å². The number of hydrogen-bond acceptors (Lipinski definition) is 2. The maximum Gasteiger partial charge on any atom is 0.120 e. The van der Waals surface area contributed by atoms with E-state index >= 15 is 0 Å². The lowest BCUT2D eigenvalue weighted by Crippen LogP contribution is -1.99.